The fourth-order valence-electron chi connectivity index (χ4n) is 5.50. The smallest absolute Gasteiger partial charge is 0.154 e. The Morgan fingerprint density at radius 3 is 1.42 bits per heavy atom. The molecule has 5 heteroatoms. The van der Waals surface area contributed by atoms with Gasteiger partial charge in [0, 0.05) is 11.1 Å². The summed E-state index contributed by atoms with van der Waals surface area (Å²) in [6.45, 7) is 22.6. The third-order valence-corrected chi connectivity index (χ3v) is 10.7. The summed E-state index contributed by atoms with van der Waals surface area (Å²) >= 11 is 0. The quantitative estimate of drug-likeness (QED) is 0.781. The van der Waals surface area contributed by atoms with Gasteiger partial charge in [0.2, 0.25) is 0 Å². The van der Waals surface area contributed by atoms with Gasteiger partial charge in [-0.2, -0.15) is 0 Å². The van der Waals surface area contributed by atoms with Crippen molar-refractivity contribution in [2.75, 3.05) is 11.5 Å². The molecule has 0 aliphatic carbocycles. The molecule has 2 aliphatic heterocycles. The lowest BCUT2D eigenvalue weighted by atomic mass is 9.41. The molecule has 0 spiro atoms. The number of hydrogen-bond donors (Lipinski definition) is 1. The van der Waals surface area contributed by atoms with Crippen molar-refractivity contribution in [3.8, 4) is 0 Å². The zero-order chi connectivity index (χ0) is 19.1. The standard InChI is InChI=1S/C19H37NO3S/c1-15(2)16(3,4)18(7,8)20(19(9,10)17(15,5)6)13-11-24(22,23)12-14(13)21/h13-14,21H,11-12H2,1-10H3/t13-,14-/m1/s1. The van der Waals surface area contributed by atoms with Crippen molar-refractivity contribution in [1.29, 1.82) is 0 Å². The molecule has 0 radical (unpaired) electrons. The summed E-state index contributed by atoms with van der Waals surface area (Å²) in [5.74, 6) is -0.0712. The predicted octanol–water partition coefficient (Wildman–Crippen LogP) is 3.10. The number of likely N-dealkylation sites (tertiary alicyclic amines) is 1. The van der Waals surface area contributed by atoms with Crippen LogP contribution in [-0.2, 0) is 9.84 Å². The van der Waals surface area contributed by atoms with E-state index >= 15 is 0 Å². The summed E-state index contributed by atoms with van der Waals surface area (Å²) in [7, 11) is -3.19. The first-order chi connectivity index (χ1) is 10.3. The number of hydrogen-bond acceptors (Lipinski definition) is 4. The van der Waals surface area contributed by atoms with E-state index in [4.69, 9.17) is 0 Å². The summed E-state index contributed by atoms with van der Waals surface area (Å²) in [6.07, 6.45) is -0.818. The Bertz CT molecular complexity index is 599. The maximum absolute atomic E-state index is 12.2. The molecule has 0 unspecified atom stereocenters. The van der Waals surface area contributed by atoms with Crippen LogP contribution in [0.25, 0.3) is 0 Å². The molecule has 142 valence electrons. The minimum absolute atomic E-state index is 0.0198. The minimum Gasteiger partial charge on any atom is -0.390 e. The van der Waals surface area contributed by atoms with E-state index in [-0.39, 0.29) is 44.9 Å². The third kappa shape index (κ3) is 2.20. The molecule has 0 aromatic carbocycles. The fraction of sp³-hybridized carbons (Fsp3) is 1.00. The van der Waals surface area contributed by atoms with E-state index in [1.54, 1.807) is 0 Å². The van der Waals surface area contributed by atoms with Crippen molar-refractivity contribution in [3.63, 3.8) is 0 Å². The molecule has 0 aromatic rings. The van der Waals surface area contributed by atoms with Gasteiger partial charge in [-0.25, -0.2) is 8.42 Å². The summed E-state index contributed by atoms with van der Waals surface area (Å²) in [5, 5.41) is 10.6. The van der Waals surface area contributed by atoms with Gasteiger partial charge in [0.15, 0.2) is 9.84 Å². The van der Waals surface area contributed by atoms with Gasteiger partial charge in [0.25, 0.3) is 0 Å². The van der Waals surface area contributed by atoms with E-state index in [0.29, 0.717) is 0 Å². The lowest BCUT2D eigenvalue weighted by molar-refractivity contribution is -0.262. The average molecular weight is 360 g/mol. The zero-order valence-corrected chi connectivity index (χ0v) is 18.0. The summed E-state index contributed by atoms with van der Waals surface area (Å²) in [6, 6.07) is -0.352. The van der Waals surface area contributed by atoms with Crippen LogP contribution in [0.15, 0.2) is 0 Å². The van der Waals surface area contributed by atoms with Gasteiger partial charge in [-0.3, -0.25) is 4.90 Å². The molecular weight excluding hydrogens is 322 g/mol. The van der Waals surface area contributed by atoms with Crippen LogP contribution in [-0.4, -0.2) is 53.2 Å². The Hall–Kier alpha value is -0.130. The molecule has 0 saturated carbocycles. The molecule has 4 nitrogen and oxygen atoms in total. The second-order valence-electron chi connectivity index (χ2n) is 10.6. The molecule has 24 heavy (non-hydrogen) atoms. The summed E-state index contributed by atoms with van der Waals surface area (Å²) < 4.78 is 24.4. The van der Waals surface area contributed by atoms with Crippen LogP contribution in [0.5, 0.6) is 0 Å². The number of aliphatic hydroxyl groups excluding tert-OH is 1. The van der Waals surface area contributed by atoms with E-state index in [2.05, 4.69) is 74.1 Å². The Labute approximate surface area is 148 Å². The van der Waals surface area contributed by atoms with Crippen molar-refractivity contribution in [2.45, 2.75) is 92.5 Å². The lowest BCUT2D eigenvalue weighted by Gasteiger charge is -2.75. The van der Waals surface area contributed by atoms with Crippen molar-refractivity contribution in [3.05, 3.63) is 0 Å². The van der Waals surface area contributed by atoms with Gasteiger partial charge in [0.05, 0.1) is 23.7 Å². The van der Waals surface area contributed by atoms with E-state index < -0.39 is 15.9 Å². The van der Waals surface area contributed by atoms with Crippen LogP contribution in [0, 0.1) is 16.2 Å². The summed E-state index contributed by atoms with van der Waals surface area (Å²) in [4.78, 5) is 2.33. The van der Waals surface area contributed by atoms with Crippen molar-refractivity contribution in [1.82, 2.24) is 4.90 Å². The predicted molar refractivity (Wildman–Crippen MR) is 99.8 cm³/mol. The maximum atomic E-state index is 12.2. The maximum Gasteiger partial charge on any atom is 0.154 e. The molecule has 2 saturated heterocycles. The van der Waals surface area contributed by atoms with Crippen LogP contribution in [0.4, 0.5) is 0 Å². The monoisotopic (exact) mass is 359 g/mol. The van der Waals surface area contributed by atoms with Gasteiger partial charge < -0.3 is 5.11 Å². The Balaban J connectivity index is 2.71. The second kappa shape index (κ2) is 4.98. The molecule has 0 bridgehead atoms. The van der Waals surface area contributed by atoms with Gasteiger partial charge in [0.1, 0.15) is 0 Å². The van der Waals surface area contributed by atoms with Crippen LogP contribution in [0.2, 0.25) is 0 Å². The van der Waals surface area contributed by atoms with E-state index in [1.165, 1.54) is 0 Å². The average Bonchev–Trinajstić information content (AvgIpc) is 2.59. The highest BCUT2D eigenvalue weighted by atomic mass is 32.2. The SMILES string of the molecule is CC1(C)N([C@@H]2CS(=O)(=O)C[C@H]2O)C(C)(C)C(C)(C)C(C)(C)C1(C)C. The molecule has 2 fully saturated rings. The number of aliphatic hydroxyl groups is 1. The largest absolute Gasteiger partial charge is 0.390 e. The van der Waals surface area contributed by atoms with Crippen molar-refractivity contribution >= 4 is 9.84 Å². The molecule has 2 rings (SSSR count). The summed E-state index contributed by atoms with van der Waals surface area (Å²) in [5.41, 5.74) is -0.663. The van der Waals surface area contributed by atoms with Crippen LogP contribution in [0.3, 0.4) is 0 Å². The van der Waals surface area contributed by atoms with Crippen LogP contribution >= 0.6 is 0 Å². The molecule has 2 heterocycles. The van der Waals surface area contributed by atoms with E-state index in [0.717, 1.165) is 0 Å². The van der Waals surface area contributed by atoms with Crippen LogP contribution in [0.1, 0.15) is 69.2 Å². The number of nitrogens with zero attached hydrogens (tertiary/aromatic N) is 1. The highest BCUT2D eigenvalue weighted by molar-refractivity contribution is 7.91. The highest BCUT2D eigenvalue weighted by Crippen LogP contribution is 2.67. The number of rotatable bonds is 1. The number of sulfone groups is 1. The van der Waals surface area contributed by atoms with Crippen molar-refractivity contribution in [2.24, 2.45) is 16.2 Å². The molecule has 0 aromatic heterocycles. The van der Waals surface area contributed by atoms with E-state index in [1.807, 2.05) is 0 Å². The topological polar surface area (TPSA) is 57.6 Å². The Kier molecular flexibility index (Phi) is 4.19. The fourth-order valence-corrected chi connectivity index (χ4v) is 7.27. The first-order valence-electron chi connectivity index (χ1n) is 9.02. The molecule has 1 N–H and O–H groups in total. The zero-order valence-electron chi connectivity index (χ0n) is 17.2. The van der Waals surface area contributed by atoms with Gasteiger partial charge in [-0.1, -0.05) is 41.5 Å². The Morgan fingerprint density at radius 2 is 1.12 bits per heavy atom. The highest BCUT2D eigenvalue weighted by Gasteiger charge is 2.70. The normalized spacial score (nSPS) is 38.8. The minimum atomic E-state index is -3.19. The number of piperidine rings is 1. The Morgan fingerprint density at radius 1 is 0.750 bits per heavy atom. The van der Waals surface area contributed by atoms with E-state index in [9.17, 15) is 13.5 Å². The molecular formula is C19H37NO3S. The third-order valence-electron chi connectivity index (χ3n) is 9.01. The second-order valence-corrected chi connectivity index (χ2v) is 12.7. The molecule has 2 atom stereocenters. The van der Waals surface area contributed by atoms with Crippen molar-refractivity contribution < 1.29 is 13.5 Å². The molecule has 2 aliphatic rings. The van der Waals surface area contributed by atoms with Gasteiger partial charge >= 0.3 is 0 Å². The first-order valence-corrected chi connectivity index (χ1v) is 10.8. The van der Waals surface area contributed by atoms with Gasteiger partial charge in [-0.15, -0.1) is 0 Å². The lowest BCUT2D eigenvalue weighted by Crippen LogP contribution is -2.80. The van der Waals surface area contributed by atoms with Gasteiger partial charge in [-0.05, 0) is 43.9 Å². The first kappa shape index (κ1) is 20.2. The molecule has 0 amide bonds. The van der Waals surface area contributed by atoms with Crippen LogP contribution < -0.4 is 0 Å².